The van der Waals surface area contributed by atoms with Crippen molar-refractivity contribution in [3.8, 4) is 0 Å². The van der Waals surface area contributed by atoms with Crippen molar-refractivity contribution in [3.63, 3.8) is 0 Å². The highest BCUT2D eigenvalue weighted by atomic mass is 35.5. The fraction of sp³-hybridized carbons (Fsp3) is 0.455. The number of carbonyl (C=O) groups excluding carboxylic acids is 1. The number of anilines is 1. The van der Waals surface area contributed by atoms with E-state index in [1.165, 1.54) is 0 Å². The normalized spacial score (nSPS) is 21.0. The molecule has 1 saturated heterocycles. The quantitative estimate of drug-likeness (QED) is 0.304. The molecule has 1 aliphatic rings. The predicted octanol–water partition coefficient (Wildman–Crippen LogP) is 7.00. The molecule has 0 radical (unpaired) electrons. The maximum absolute atomic E-state index is 14.4. The molecule has 2 unspecified atom stereocenters. The van der Waals surface area contributed by atoms with Gasteiger partial charge in [-0.25, -0.2) is 4.98 Å². The van der Waals surface area contributed by atoms with Crippen molar-refractivity contribution in [3.05, 3.63) is 56.2 Å². The Balaban J connectivity index is 2.06. The maximum Gasteiger partial charge on any atom is 0.433 e. The highest BCUT2D eigenvalue weighted by Gasteiger charge is 2.65. The number of pyridine rings is 1. The highest BCUT2D eigenvalue weighted by Crippen LogP contribution is 2.53. The van der Waals surface area contributed by atoms with Gasteiger partial charge in [0.15, 0.2) is 0 Å². The Morgan fingerprint density at radius 1 is 1.14 bits per heavy atom. The molecule has 35 heavy (non-hydrogen) atoms. The summed E-state index contributed by atoms with van der Waals surface area (Å²) in [5.74, 6) is -0.736. The van der Waals surface area contributed by atoms with E-state index < -0.39 is 54.0 Å². The van der Waals surface area contributed by atoms with E-state index in [1.807, 2.05) is 0 Å². The molecule has 0 aliphatic carbocycles. The van der Waals surface area contributed by atoms with Crippen LogP contribution in [0.25, 0.3) is 0 Å². The molecule has 4 nitrogen and oxygen atoms in total. The molecule has 192 valence electrons. The number of halogens is 9. The SMILES string of the molecule is CCC(=O)CCc1ccc(N2CCC(c3cc(Cl)c(Cl)c(Cl)c3)(C(F)(F)F)C2O)nc1C(F)(F)F. The fourth-order valence-electron chi connectivity index (χ4n) is 4.15. The third kappa shape index (κ3) is 5.21. The van der Waals surface area contributed by atoms with Gasteiger partial charge >= 0.3 is 12.4 Å². The summed E-state index contributed by atoms with van der Waals surface area (Å²) in [5.41, 5.74) is -5.00. The highest BCUT2D eigenvalue weighted by molar-refractivity contribution is 6.48. The minimum atomic E-state index is -5.03. The van der Waals surface area contributed by atoms with E-state index in [0.717, 1.165) is 29.2 Å². The minimum Gasteiger partial charge on any atom is -0.372 e. The zero-order valence-corrected chi connectivity index (χ0v) is 20.3. The van der Waals surface area contributed by atoms with Gasteiger partial charge in [0.05, 0.1) is 15.1 Å². The number of aromatic nitrogens is 1. The molecule has 0 bridgehead atoms. The smallest absolute Gasteiger partial charge is 0.372 e. The van der Waals surface area contributed by atoms with Crippen LogP contribution in [0.3, 0.4) is 0 Å². The predicted molar refractivity (Wildman–Crippen MR) is 120 cm³/mol. The van der Waals surface area contributed by atoms with Gasteiger partial charge in [-0.1, -0.05) is 47.8 Å². The molecule has 1 N–H and O–H groups in total. The lowest BCUT2D eigenvalue weighted by Crippen LogP contribution is -2.52. The Kier molecular flexibility index (Phi) is 7.91. The van der Waals surface area contributed by atoms with Crippen molar-refractivity contribution in [2.45, 2.75) is 56.6 Å². The molecule has 1 aliphatic heterocycles. The summed E-state index contributed by atoms with van der Waals surface area (Å²) in [6.45, 7) is 1.12. The average Bonchev–Trinajstić information content (AvgIpc) is 3.12. The van der Waals surface area contributed by atoms with Gasteiger partial charge in [-0.3, -0.25) is 4.79 Å². The van der Waals surface area contributed by atoms with Crippen molar-refractivity contribution in [1.29, 1.82) is 0 Å². The zero-order valence-electron chi connectivity index (χ0n) is 18.1. The third-order valence-corrected chi connectivity index (χ3v) is 7.28. The van der Waals surface area contributed by atoms with Crippen molar-refractivity contribution in [2.75, 3.05) is 11.4 Å². The number of Topliss-reactive ketones (excluding diaryl/α,β-unsaturated/α-hetero) is 1. The van der Waals surface area contributed by atoms with Crippen LogP contribution in [0.2, 0.25) is 15.1 Å². The lowest BCUT2D eigenvalue weighted by atomic mass is 9.77. The number of benzene rings is 1. The molecular weight excluding hydrogens is 545 g/mol. The van der Waals surface area contributed by atoms with Crippen LogP contribution in [0.5, 0.6) is 0 Å². The first-order valence-corrected chi connectivity index (χ1v) is 11.5. The number of carbonyl (C=O) groups is 1. The third-order valence-electron chi connectivity index (χ3n) is 6.08. The number of ketones is 1. The number of aliphatic hydroxyl groups is 1. The number of aryl methyl sites for hydroxylation is 1. The average molecular weight is 564 g/mol. The second-order valence-corrected chi connectivity index (χ2v) is 9.30. The number of nitrogens with zero attached hydrogens (tertiary/aromatic N) is 2. The molecule has 13 heteroatoms. The molecule has 1 aromatic carbocycles. The molecule has 2 atom stereocenters. The van der Waals surface area contributed by atoms with E-state index in [0.29, 0.717) is 0 Å². The number of hydrogen-bond donors (Lipinski definition) is 1. The van der Waals surface area contributed by atoms with Gasteiger partial charge in [0.1, 0.15) is 28.9 Å². The molecule has 0 spiro atoms. The van der Waals surface area contributed by atoms with E-state index in [1.54, 1.807) is 6.92 Å². The van der Waals surface area contributed by atoms with Crippen LogP contribution < -0.4 is 4.90 Å². The molecular formula is C22H19Cl3F6N2O2. The summed E-state index contributed by atoms with van der Waals surface area (Å²) in [5, 5.41) is 10.2. The van der Waals surface area contributed by atoms with Crippen molar-refractivity contribution in [2.24, 2.45) is 0 Å². The molecule has 0 saturated carbocycles. The Bertz CT molecular complexity index is 1100. The molecule has 3 rings (SSSR count). The Morgan fingerprint density at radius 2 is 1.74 bits per heavy atom. The number of alkyl halides is 6. The second kappa shape index (κ2) is 9.95. The molecule has 1 aromatic heterocycles. The molecule has 0 amide bonds. The van der Waals surface area contributed by atoms with Crippen molar-refractivity contribution < 1.29 is 36.2 Å². The number of hydrogen-bond acceptors (Lipinski definition) is 4. The largest absolute Gasteiger partial charge is 0.433 e. The van der Waals surface area contributed by atoms with Crippen LogP contribution in [-0.4, -0.2) is 34.8 Å². The van der Waals surface area contributed by atoms with Crippen LogP contribution in [0, 0.1) is 0 Å². The lowest BCUT2D eigenvalue weighted by Gasteiger charge is -2.37. The Hall–Kier alpha value is -1.75. The summed E-state index contributed by atoms with van der Waals surface area (Å²) < 4.78 is 84.3. The van der Waals surface area contributed by atoms with Crippen LogP contribution in [0.4, 0.5) is 32.2 Å². The van der Waals surface area contributed by atoms with Gasteiger partial charge in [0.25, 0.3) is 0 Å². The van der Waals surface area contributed by atoms with E-state index in [-0.39, 0.29) is 45.7 Å². The van der Waals surface area contributed by atoms with Crippen molar-refractivity contribution in [1.82, 2.24) is 4.98 Å². The first kappa shape index (κ1) is 27.8. The van der Waals surface area contributed by atoms with Gasteiger partial charge in [-0.05, 0) is 42.2 Å². The standard InChI is InChI=1S/C22H19Cl3F6N2O2/c1-2-13(34)5-3-11-4-6-16(32-18(11)21(26,27)28)33-8-7-20(19(33)35,22(29,30)31)12-9-14(23)17(25)15(24)10-12/h4,6,9-10,19,35H,2-3,5,7-8H2,1H3. The molecule has 2 aromatic rings. The molecule has 1 fully saturated rings. The van der Waals surface area contributed by atoms with Crippen LogP contribution in [-0.2, 0) is 22.8 Å². The van der Waals surface area contributed by atoms with Crippen LogP contribution in [0.15, 0.2) is 24.3 Å². The van der Waals surface area contributed by atoms with Gasteiger partial charge in [0.2, 0.25) is 0 Å². The minimum absolute atomic E-state index is 0.137. The lowest BCUT2D eigenvalue weighted by molar-refractivity contribution is -0.210. The monoisotopic (exact) mass is 562 g/mol. The van der Waals surface area contributed by atoms with E-state index in [4.69, 9.17) is 34.8 Å². The first-order valence-electron chi connectivity index (χ1n) is 10.4. The van der Waals surface area contributed by atoms with Crippen LogP contribution >= 0.6 is 34.8 Å². The van der Waals surface area contributed by atoms with Gasteiger partial charge in [0, 0.05) is 19.4 Å². The summed E-state index contributed by atoms with van der Waals surface area (Å²) in [6, 6.07) is 4.01. The molecule has 2 heterocycles. The van der Waals surface area contributed by atoms with Gasteiger partial charge in [-0.2, -0.15) is 26.3 Å². The van der Waals surface area contributed by atoms with Gasteiger partial charge in [-0.15, -0.1) is 0 Å². The summed E-state index contributed by atoms with van der Waals surface area (Å²) >= 11 is 17.7. The zero-order chi connectivity index (χ0) is 26.3. The first-order chi connectivity index (χ1) is 16.1. The summed E-state index contributed by atoms with van der Waals surface area (Å²) in [4.78, 5) is 15.9. The van der Waals surface area contributed by atoms with Gasteiger partial charge < -0.3 is 10.0 Å². The van der Waals surface area contributed by atoms with Crippen molar-refractivity contribution >= 4 is 46.4 Å². The Labute approximate surface area is 211 Å². The maximum atomic E-state index is 14.4. The van der Waals surface area contributed by atoms with E-state index >= 15 is 0 Å². The topological polar surface area (TPSA) is 53.4 Å². The van der Waals surface area contributed by atoms with E-state index in [9.17, 15) is 36.2 Å². The van der Waals surface area contributed by atoms with Crippen LogP contribution in [0.1, 0.15) is 43.0 Å². The fourth-order valence-corrected chi connectivity index (χ4v) is 4.74. The number of rotatable bonds is 6. The summed E-state index contributed by atoms with van der Waals surface area (Å²) in [7, 11) is 0. The van der Waals surface area contributed by atoms with E-state index in [2.05, 4.69) is 4.98 Å². The Morgan fingerprint density at radius 3 is 2.26 bits per heavy atom. The number of aliphatic hydroxyl groups excluding tert-OH is 1. The second-order valence-electron chi connectivity index (χ2n) is 8.11. The summed E-state index contributed by atoms with van der Waals surface area (Å²) in [6.07, 6.45) is -13.2.